The minimum Gasteiger partial charge on any atom is -0.263 e. The lowest BCUT2D eigenvalue weighted by Gasteiger charge is -1.87. The third-order valence-corrected chi connectivity index (χ3v) is 0.940. The van der Waals surface area contributed by atoms with Crippen LogP contribution in [0.15, 0.2) is 34.0 Å². The Balaban J connectivity index is 2.77. The second-order valence-electron chi connectivity index (χ2n) is 1.79. The summed E-state index contributed by atoms with van der Waals surface area (Å²) in [5.74, 6) is 0. The zero-order valence-corrected chi connectivity index (χ0v) is 5.28. The fraction of sp³-hybridized carbons (Fsp3) is 0.143. The molecule has 0 N–H and O–H groups in total. The summed E-state index contributed by atoms with van der Waals surface area (Å²) in [6.45, 7) is 1.98. The molecule has 0 fully saturated rings. The van der Waals surface area contributed by atoms with Crippen LogP contribution in [0.3, 0.4) is 0 Å². The molecular weight excluding hydrogens is 112 g/mol. The fourth-order valence-electron chi connectivity index (χ4n) is 0.491. The predicted molar refractivity (Wildman–Crippen MR) is 39.9 cm³/mol. The first-order valence-corrected chi connectivity index (χ1v) is 2.78. The number of nitrogens with zero attached hydrogens (tertiary/aromatic N) is 2. The third kappa shape index (κ3) is 2.04. The molecule has 0 aromatic rings. The zero-order valence-electron chi connectivity index (χ0n) is 5.28. The first kappa shape index (κ1) is 5.95. The maximum absolute atomic E-state index is 3.92. The molecule has 0 amide bonds. The number of hydrogen-bond acceptors (Lipinski definition) is 2. The summed E-state index contributed by atoms with van der Waals surface area (Å²) in [7, 11) is 0. The zero-order chi connectivity index (χ0) is 6.53. The van der Waals surface area contributed by atoms with E-state index in [0.717, 1.165) is 5.57 Å². The Hall–Kier alpha value is -1.18. The second-order valence-corrected chi connectivity index (χ2v) is 1.79. The van der Waals surface area contributed by atoms with Gasteiger partial charge in [0.1, 0.15) is 0 Å². The van der Waals surface area contributed by atoms with Crippen LogP contribution < -0.4 is 0 Å². The van der Waals surface area contributed by atoms with E-state index in [-0.39, 0.29) is 0 Å². The average molecular weight is 120 g/mol. The first-order chi connectivity index (χ1) is 4.39. The van der Waals surface area contributed by atoms with Crippen molar-refractivity contribution in [2.24, 2.45) is 9.98 Å². The van der Waals surface area contributed by atoms with Gasteiger partial charge in [0, 0.05) is 24.8 Å². The standard InChI is InChI=1S/C7H8N2/c1-7-2-3-8-4-5-9-6-7/h2-6H,1H3/b3-2-,5-4?,7-2?,7-6-,8-3?,8-4-,9-5-,9-6?. The Labute approximate surface area is 54.3 Å². The van der Waals surface area contributed by atoms with Crippen LogP contribution in [0.25, 0.3) is 0 Å². The van der Waals surface area contributed by atoms with E-state index in [1.54, 1.807) is 24.8 Å². The van der Waals surface area contributed by atoms with Gasteiger partial charge in [-0.1, -0.05) is 0 Å². The molecular formula is C7H8N2. The van der Waals surface area contributed by atoms with Crippen LogP contribution in [0.2, 0.25) is 0 Å². The summed E-state index contributed by atoms with van der Waals surface area (Å²) < 4.78 is 0. The summed E-state index contributed by atoms with van der Waals surface area (Å²) in [5.41, 5.74) is 1.11. The maximum Gasteiger partial charge on any atom is 0.0451 e. The maximum atomic E-state index is 3.92. The molecule has 2 nitrogen and oxygen atoms in total. The van der Waals surface area contributed by atoms with Crippen LogP contribution in [-0.2, 0) is 0 Å². The van der Waals surface area contributed by atoms with E-state index >= 15 is 0 Å². The van der Waals surface area contributed by atoms with Gasteiger partial charge in [0.15, 0.2) is 0 Å². The van der Waals surface area contributed by atoms with E-state index in [1.807, 2.05) is 13.0 Å². The molecule has 0 saturated heterocycles. The van der Waals surface area contributed by atoms with Crippen molar-refractivity contribution in [2.75, 3.05) is 0 Å². The Bertz CT molecular complexity index is 197. The summed E-state index contributed by atoms with van der Waals surface area (Å²) >= 11 is 0. The molecule has 0 saturated carbocycles. The van der Waals surface area contributed by atoms with Crippen molar-refractivity contribution in [3.8, 4) is 0 Å². The van der Waals surface area contributed by atoms with E-state index in [2.05, 4.69) is 9.98 Å². The number of rotatable bonds is 0. The number of aliphatic imine (C=N–C) groups is 2. The molecule has 1 aliphatic rings. The van der Waals surface area contributed by atoms with Gasteiger partial charge in [-0.25, -0.2) is 0 Å². The molecule has 0 radical (unpaired) electrons. The van der Waals surface area contributed by atoms with E-state index in [9.17, 15) is 0 Å². The van der Waals surface area contributed by atoms with Crippen molar-refractivity contribution >= 4 is 12.4 Å². The highest BCUT2D eigenvalue weighted by Gasteiger charge is 1.78. The summed E-state index contributed by atoms with van der Waals surface area (Å²) in [5, 5.41) is 0. The van der Waals surface area contributed by atoms with Crippen molar-refractivity contribution in [1.29, 1.82) is 0 Å². The van der Waals surface area contributed by atoms with Crippen molar-refractivity contribution in [1.82, 2.24) is 0 Å². The fourth-order valence-corrected chi connectivity index (χ4v) is 0.491. The molecule has 0 unspecified atom stereocenters. The molecule has 0 aliphatic carbocycles. The Kier molecular flexibility index (Phi) is 1.96. The molecule has 1 aliphatic heterocycles. The van der Waals surface area contributed by atoms with Gasteiger partial charge >= 0.3 is 0 Å². The lowest BCUT2D eigenvalue weighted by atomic mass is 10.3. The first-order valence-electron chi connectivity index (χ1n) is 2.78. The van der Waals surface area contributed by atoms with Gasteiger partial charge in [-0.05, 0) is 18.6 Å². The summed E-state index contributed by atoms with van der Waals surface area (Å²) in [6.07, 6.45) is 8.76. The quantitative estimate of drug-likeness (QED) is 0.463. The minimum absolute atomic E-state index is 1.11. The predicted octanol–water partition coefficient (Wildman–Crippen LogP) is 1.56. The molecule has 46 valence electrons. The SMILES string of the molecule is CC1=C/N=C\C=N/C=C\1. The van der Waals surface area contributed by atoms with Crippen LogP contribution in [-0.4, -0.2) is 12.4 Å². The molecule has 9 heavy (non-hydrogen) atoms. The van der Waals surface area contributed by atoms with Gasteiger partial charge in [-0.3, -0.25) is 9.98 Å². The molecule has 0 bridgehead atoms. The number of hydrogen-bond donors (Lipinski definition) is 0. The van der Waals surface area contributed by atoms with Crippen LogP contribution in [0.5, 0.6) is 0 Å². The lowest BCUT2D eigenvalue weighted by Crippen LogP contribution is -1.76. The monoisotopic (exact) mass is 120 g/mol. The highest BCUT2D eigenvalue weighted by Crippen LogP contribution is 1.95. The largest absolute Gasteiger partial charge is 0.263 e. The van der Waals surface area contributed by atoms with Crippen LogP contribution in [0.4, 0.5) is 0 Å². The second kappa shape index (κ2) is 2.97. The molecule has 0 aromatic heterocycles. The highest BCUT2D eigenvalue weighted by molar-refractivity contribution is 6.16. The summed E-state index contributed by atoms with van der Waals surface area (Å²) in [6, 6.07) is 0. The van der Waals surface area contributed by atoms with Crippen LogP contribution >= 0.6 is 0 Å². The van der Waals surface area contributed by atoms with Gasteiger partial charge in [0.2, 0.25) is 0 Å². The van der Waals surface area contributed by atoms with E-state index in [4.69, 9.17) is 0 Å². The Morgan fingerprint density at radius 1 is 1.22 bits per heavy atom. The van der Waals surface area contributed by atoms with Crippen LogP contribution in [0, 0.1) is 0 Å². The number of allylic oxidation sites excluding steroid dienone is 2. The van der Waals surface area contributed by atoms with E-state index in [0.29, 0.717) is 0 Å². The average Bonchev–Trinajstić information content (AvgIpc) is 1.79. The third-order valence-electron chi connectivity index (χ3n) is 0.940. The van der Waals surface area contributed by atoms with Gasteiger partial charge < -0.3 is 0 Å². The van der Waals surface area contributed by atoms with Gasteiger partial charge in [-0.15, -0.1) is 0 Å². The molecule has 1 rings (SSSR count). The van der Waals surface area contributed by atoms with Crippen molar-refractivity contribution in [3.05, 3.63) is 24.0 Å². The smallest absolute Gasteiger partial charge is 0.0451 e. The molecule has 0 atom stereocenters. The van der Waals surface area contributed by atoms with Crippen LogP contribution in [0.1, 0.15) is 6.92 Å². The summed E-state index contributed by atoms with van der Waals surface area (Å²) in [4.78, 5) is 7.81. The van der Waals surface area contributed by atoms with Gasteiger partial charge in [0.05, 0.1) is 0 Å². The van der Waals surface area contributed by atoms with Crippen molar-refractivity contribution < 1.29 is 0 Å². The normalized spacial score (nSPS) is 33.2. The highest BCUT2D eigenvalue weighted by atomic mass is 14.7. The minimum atomic E-state index is 1.11. The topological polar surface area (TPSA) is 24.7 Å². The molecule has 0 spiro atoms. The Morgan fingerprint density at radius 3 is 2.89 bits per heavy atom. The molecule has 1 heterocycles. The van der Waals surface area contributed by atoms with E-state index < -0.39 is 0 Å². The van der Waals surface area contributed by atoms with E-state index in [1.165, 1.54) is 0 Å². The Morgan fingerprint density at radius 2 is 2.00 bits per heavy atom. The van der Waals surface area contributed by atoms with Gasteiger partial charge in [0.25, 0.3) is 0 Å². The molecule has 2 heteroatoms. The lowest BCUT2D eigenvalue weighted by molar-refractivity contribution is 1.41. The molecule has 0 aromatic carbocycles. The van der Waals surface area contributed by atoms with Crippen molar-refractivity contribution in [2.45, 2.75) is 6.92 Å². The van der Waals surface area contributed by atoms with Crippen molar-refractivity contribution in [3.63, 3.8) is 0 Å². The van der Waals surface area contributed by atoms with Gasteiger partial charge in [-0.2, -0.15) is 0 Å².